The lowest BCUT2D eigenvalue weighted by molar-refractivity contribution is -0.0466. The molecule has 0 bridgehead atoms. The van der Waals surface area contributed by atoms with E-state index in [4.69, 9.17) is 4.42 Å². The van der Waals surface area contributed by atoms with E-state index in [2.05, 4.69) is 18.6 Å². The predicted molar refractivity (Wildman–Crippen MR) is 70.7 cm³/mol. The quantitative estimate of drug-likeness (QED) is 0.854. The van der Waals surface area contributed by atoms with E-state index < -0.39 is 11.6 Å². The average Bonchev–Trinajstić information content (AvgIpc) is 2.88. The largest absolute Gasteiger partial charge is 0.463 e. The third-order valence-electron chi connectivity index (χ3n) is 4.16. The summed E-state index contributed by atoms with van der Waals surface area (Å²) in [5.74, 6) is 1.16. The molecule has 1 aliphatic carbocycles. The van der Waals surface area contributed by atoms with E-state index in [0.29, 0.717) is 30.4 Å². The lowest BCUT2D eigenvalue weighted by Crippen LogP contribution is -2.34. The molecule has 0 aliphatic heterocycles. The normalized spacial score (nSPS) is 27.5. The van der Waals surface area contributed by atoms with Gasteiger partial charge in [0, 0.05) is 0 Å². The Morgan fingerprint density at radius 1 is 1.53 bits per heavy atom. The Balaban J connectivity index is 2.19. The Hall–Kier alpha value is -1.29. The van der Waals surface area contributed by atoms with Crippen molar-refractivity contribution in [3.63, 3.8) is 0 Å². The molecular weight excluding hydrogens is 244 g/mol. The van der Waals surface area contributed by atoms with Crippen molar-refractivity contribution >= 4 is 5.97 Å². The van der Waals surface area contributed by atoms with Crippen LogP contribution < -0.4 is 0 Å². The van der Waals surface area contributed by atoms with Gasteiger partial charge in [0.1, 0.15) is 11.4 Å². The van der Waals surface area contributed by atoms with Crippen LogP contribution in [0.1, 0.15) is 55.8 Å². The van der Waals surface area contributed by atoms with Gasteiger partial charge in [-0.25, -0.2) is 4.79 Å². The van der Waals surface area contributed by atoms with E-state index in [1.54, 1.807) is 12.1 Å². The predicted octanol–water partition coefficient (Wildman–Crippen LogP) is 3.10. The monoisotopic (exact) mass is 266 g/mol. The lowest BCUT2D eigenvalue weighted by atomic mass is 9.73. The van der Waals surface area contributed by atoms with Crippen LogP contribution in [0.2, 0.25) is 0 Å². The highest BCUT2D eigenvalue weighted by Crippen LogP contribution is 2.42. The molecule has 0 aromatic carbocycles. The van der Waals surface area contributed by atoms with Crippen LogP contribution in [-0.4, -0.2) is 18.2 Å². The highest BCUT2D eigenvalue weighted by Gasteiger charge is 2.39. The molecule has 1 aromatic rings. The van der Waals surface area contributed by atoms with Crippen LogP contribution in [0.25, 0.3) is 0 Å². The first-order valence-corrected chi connectivity index (χ1v) is 6.87. The zero-order valence-corrected chi connectivity index (χ0v) is 11.8. The summed E-state index contributed by atoms with van der Waals surface area (Å²) in [6.45, 7) is 4.36. The number of furan rings is 1. The van der Waals surface area contributed by atoms with E-state index in [1.165, 1.54) is 7.11 Å². The zero-order chi connectivity index (χ0) is 14.0. The summed E-state index contributed by atoms with van der Waals surface area (Å²) < 4.78 is 10.1. The van der Waals surface area contributed by atoms with Crippen LogP contribution in [0.4, 0.5) is 0 Å². The fraction of sp³-hybridized carbons (Fsp3) is 0.667. The first-order valence-electron chi connectivity index (χ1n) is 6.87. The van der Waals surface area contributed by atoms with Gasteiger partial charge in [-0.1, -0.05) is 13.8 Å². The number of methoxy groups -OCH3 is 1. The summed E-state index contributed by atoms with van der Waals surface area (Å²) >= 11 is 0. The van der Waals surface area contributed by atoms with Crippen LogP contribution in [0.15, 0.2) is 16.5 Å². The van der Waals surface area contributed by atoms with Gasteiger partial charge in [-0.15, -0.1) is 0 Å². The summed E-state index contributed by atoms with van der Waals surface area (Å²) in [6, 6.07) is 3.26. The van der Waals surface area contributed by atoms with E-state index >= 15 is 0 Å². The number of carbonyl (C=O) groups is 1. The third-order valence-corrected chi connectivity index (χ3v) is 4.16. The maximum Gasteiger partial charge on any atom is 0.373 e. The van der Waals surface area contributed by atoms with Crippen LogP contribution in [0, 0.1) is 11.8 Å². The Kier molecular flexibility index (Phi) is 3.99. The molecule has 1 aromatic heterocycles. The standard InChI is InChI=1S/C15H22O4/c1-10(2)11-5-4-8-15(17,9-11)13-7-6-12(19-13)14(16)18-3/h6-7,10-11,17H,4-5,8-9H2,1-3H3. The molecule has 0 radical (unpaired) electrons. The fourth-order valence-corrected chi connectivity index (χ4v) is 2.89. The molecular formula is C15H22O4. The number of carbonyl (C=O) groups excluding carboxylic acids is 1. The Morgan fingerprint density at radius 3 is 2.89 bits per heavy atom. The smallest absolute Gasteiger partial charge is 0.373 e. The maximum absolute atomic E-state index is 11.4. The Bertz CT molecular complexity index is 449. The molecule has 2 unspecified atom stereocenters. The van der Waals surface area contributed by atoms with Gasteiger partial charge in [-0.2, -0.15) is 0 Å². The van der Waals surface area contributed by atoms with Crippen molar-refractivity contribution in [2.45, 2.75) is 45.1 Å². The minimum atomic E-state index is -0.945. The van der Waals surface area contributed by atoms with Crippen molar-refractivity contribution in [2.24, 2.45) is 11.8 Å². The molecule has 1 N–H and O–H groups in total. The first kappa shape index (κ1) is 14.1. The van der Waals surface area contributed by atoms with Gasteiger partial charge < -0.3 is 14.3 Å². The molecule has 1 fully saturated rings. The number of rotatable bonds is 3. The fourth-order valence-electron chi connectivity index (χ4n) is 2.89. The number of hydrogen-bond acceptors (Lipinski definition) is 4. The van der Waals surface area contributed by atoms with Crippen LogP contribution in [0.5, 0.6) is 0 Å². The summed E-state index contributed by atoms with van der Waals surface area (Å²) in [5.41, 5.74) is -0.945. The van der Waals surface area contributed by atoms with E-state index in [0.717, 1.165) is 12.8 Å². The molecule has 106 valence electrons. The van der Waals surface area contributed by atoms with Crippen molar-refractivity contribution in [1.29, 1.82) is 0 Å². The second-order valence-corrected chi connectivity index (χ2v) is 5.79. The summed E-state index contributed by atoms with van der Waals surface area (Å²) in [4.78, 5) is 11.4. The maximum atomic E-state index is 11.4. The molecule has 0 amide bonds. The van der Waals surface area contributed by atoms with Crippen molar-refractivity contribution in [1.82, 2.24) is 0 Å². The van der Waals surface area contributed by atoms with Crippen LogP contribution >= 0.6 is 0 Å². The average molecular weight is 266 g/mol. The van der Waals surface area contributed by atoms with Crippen molar-refractivity contribution in [3.8, 4) is 0 Å². The minimum Gasteiger partial charge on any atom is -0.463 e. The summed E-state index contributed by atoms with van der Waals surface area (Å²) in [6.07, 6.45) is 3.50. The summed E-state index contributed by atoms with van der Waals surface area (Å²) in [7, 11) is 1.31. The molecule has 1 aliphatic rings. The van der Waals surface area contributed by atoms with Gasteiger partial charge in [0.05, 0.1) is 7.11 Å². The molecule has 4 heteroatoms. The van der Waals surface area contributed by atoms with E-state index in [-0.39, 0.29) is 5.76 Å². The number of hydrogen-bond donors (Lipinski definition) is 1. The summed E-state index contributed by atoms with van der Waals surface area (Å²) in [5, 5.41) is 10.8. The number of ether oxygens (including phenoxy) is 1. The van der Waals surface area contributed by atoms with Gasteiger partial charge in [0.2, 0.25) is 5.76 Å². The zero-order valence-electron chi connectivity index (χ0n) is 11.8. The molecule has 1 saturated carbocycles. The third kappa shape index (κ3) is 2.84. The molecule has 0 saturated heterocycles. The molecule has 4 nitrogen and oxygen atoms in total. The van der Waals surface area contributed by atoms with Crippen molar-refractivity contribution in [3.05, 3.63) is 23.7 Å². The molecule has 19 heavy (non-hydrogen) atoms. The van der Waals surface area contributed by atoms with Crippen LogP contribution in [0.3, 0.4) is 0 Å². The van der Waals surface area contributed by atoms with Gasteiger partial charge in [-0.3, -0.25) is 0 Å². The highest BCUT2D eigenvalue weighted by molar-refractivity contribution is 5.86. The lowest BCUT2D eigenvalue weighted by Gasteiger charge is -2.37. The van der Waals surface area contributed by atoms with Crippen molar-refractivity contribution < 1.29 is 19.1 Å². The minimum absolute atomic E-state index is 0.151. The Morgan fingerprint density at radius 2 is 2.26 bits per heavy atom. The topological polar surface area (TPSA) is 59.7 Å². The second kappa shape index (κ2) is 5.37. The van der Waals surface area contributed by atoms with Gasteiger partial charge in [-0.05, 0) is 49.7 Å². The molecule has 0 spiro atoms. The molecule has 2 atom stereocenters. The van der Waals surface area contributed by atoms with Crippen molar-refractivity contribution in [2.75, 3.05) is 7.11 Å². The van der Waals surface area contributed by atoms with E-state index in [9.17, 15) is 9.90 Å². The molecule has 1 heterocycles. The van der Waals surface area contributed by atoms with Gasteiger partial charge in [0.25, 0.3) is 0 Å². The Labute approximate surface area is 113 Å². The van der Waals surface area contributed by atoms with Gasteiger partial charge in [0.15, 0.2) is 0 Å². The first-order chi connectivity index (χ1) is 8.96. The van der Waals surface area contributed by atoms with Crippen LogP contribution in [-0.2, 0) is 10.3 Å². The van der Waals surface area contributed by atoms with E-state index in [1.807, 2.05) is 0 Å². The number of esters is 1. The molecule has 2 rings (SSSR count). The SMILES string of the molecule is COC(=O)c1ccc(C2(O)CCCC(C(C)C)C2)o1. The number of aliphatic hydroxyl groups is 1. The second-order valence-electron chi connectivity index (χ2n) is 5.79. The highest BCUT2D eigenvalue weighted by atomic mass is 16.5. The van der Waals surface area contributed by atoms with Gasteiger partial charge >= 0.3 is 5.97 Å².